The summed E-state index contributed by atoms with van der Waals surface area (Å²) in [6.07, 6.45) is -0.695. The Bertz CT molecular complexity index is 1420. The maximum absolute atomic E-state index is 12.0. The molecule has 0 bridgehead atoms. The minimum absolute atomic E-state index is 0.0365. The molecule has 0 saturated carbocycles. The van der Waals surface area contributed by atoms with Crippen LogP contribution in [0, 0.1) is 10.1 Å². The van der Waals surface area contributed by atoms with Crippen LogP contribution in [0.4, 0.5) is 17.1 Å². The Morgan fingerprint density at radius 2 is 1.55 bits per heavy atom. The number of benzene rings is 3. The van der Waals surface area contributed by atoms with Gasteiger partial charge >= 0.3 is 5.97 Å². The van der Waals surface area contributed by atoms with Gasteiger partial charge in [0.05, 0.1) is 30.2 Å². The average molecular weight is 605 g/mol. The van der Waals surface area contributed by atoms with Crippen LogP contribution in [0.5, 0.6) is 0 Å². The number of nitro groups is 1. The van der Waals surface area contributed by atoms with E-state index in [1.807, 2.05) is 36.4 Å². The van der Waals surface area contributed by atoms with Gasteiger partial charge in [-0.1, -0.05) is 36.4 Å². The molecule has 2 aliphatic rings. The molecule has 0 unspecified atom stereocenters. The number of nitro benzene ring substituents is 1. The standard InChI is InChI=1S/C32H36N4O8/c37-21-22-1-3-23(4-2-22)29-19-28(20-34-15-17-35(18-16-34)26-9-11-27(12-10-26)36(41)42)43-32(44-29)24-5-7-25(8-6-24)33-30(38)13-14-31(39)40/h1-12,28-29,32,37H,13-21H2,(H,33,38)(H,39,40)/t28-,29+,32+/m0/s1. The monoisotopic (exact) mass is 604 g/mol. The van der Waals surface area contributed by atoms with Crippen LogP contribution in [0.3, 0.4) is 0 Å². The van der Waals surface area contributed by atoms with Gasteiger partial charge in [-0.2, -0.15) is 0 Å². The Kier molecular flexibility index (Phi) is 10.2. The Labute approximate surface area is 255 Å². The highest BCUT2D eigenvalue weighted by Crippen LogP contribution is 2.38. The number of anilines is 2. The first-order chi connectivity index (χ1) is 21.3. The van der Waals surface area contributed by atoms with E-state index in [0.717, 1.165) is 48.6 Å². The number of aliphatic hydroxyl groups excluding tert-OH is 1. The maximum atomic E-state index is 12.0. The number of nitrogens with one attached hydrogen (secondary N) is 1. The number of aliphatic carboxylic acids is 1. The van der Waals surface area contributed by atoms with Gasteiger partial charge in [0, 0.05) is 74.6 Å². The molecule has 1 amide bonds. The second-order valence-corrected chi connectivity index (χ2v) is 11.0. The summed E-state index contributed by atoms with van der Waals surface area (Å²) in [4.78, 5) is 38.0. The van der Waals surface area contributed by atoms with Crippen molar-refractivity contribution in [2.75, 3.05) is 42.9 Å². The maximum Gasteiger partial charge on any atom is 0.303 e. The second-order valence-electron chi connectivity index (χ2n) is 11.0. The number of non-ortho nitro benzene ring substituents is 1. The van der Waals surface area contributed by atoms with Crippen LogP contribution in [0.1, 0.15) is 48.3 Å². The number of amides is 1. The molecule has 12 heteroatoms. The van der Waals surface area contributed by atoms with Gasteiger partial charge < -0.3 is 29.9 Å². The smallest absolute Gasteiger partial charge is 0.303 e. The van der Waals surface area contributed by atoms with Crippen molar-refractivity contribution in [2.24, 2.45) is 0 Å². The Morgan fingerprint density at radius 3 is 2.16 bits per heavy atom. The largest absolute Gasteiger partial charge is 0.481 e. The van der Waals surface area contributed by atoms with E-state index < -0.39 is 17.2 Å². The van der Waals surface area contributed by atoms with Gasteiger partial charge in [0.2, 0.25) is 5.91 Å². The van der Waals surface area contributed by atoms with Gasteiger partial charge in [-0.3, -0.25) is 24.6 Å². The highest BCUT2D eigenvalue weighted by atomic mass is 16.7. The molecular formula is C32H36N4O8. The van der Waals surface area contributed by atoms with E-state index in [9.17, 15) is 24.8 Å². The molecule has 2 heterocycles. The van der Waals surface area contributed by atoms with Crippen LogP contribution in [-0.2, 0) is 25.7 Å². The summed E-state index contributed by atoms with van der Waals surface area (Å²) < 4.78 is 12.9. The van der Waals surface area contributed by atoms with Crippen molar-refractivity contribution in [1.82, 2.24) is 4.90 Å². The summed E-state index contributed by atoms with van der Waals surface area (Å²) in [6.45, 7) is 3.87. The van der Waals surface area contributed by atoms with Crippen LogP contribution in [0.2, 0.25) is 0 Å². The summed E-state index contributed by atoms with van der Waals surface area (Å²) in [7, 11) is 0. The van der Waals surface area contributed by atoms with Gasteiger partial charge in [-0.05, 0) is 35.4 Å². The normalized spacial score (nSPS) is 20.7. The highest BCUT2D eigenvalue weighted by Gasteiger charge is 2.34. The van der Waals surface area contributed by atoms with E-state index >= 15 is 0 Å². The van der Waals surface area contributed by atoms with Crippen LogP contribution in [-0.4, -0.2) is 70.7 Å². The molecule has 12 nitrogen and oxygen atoms in total. The minimum Gasteiger partial charge on any atom is -0.481 e. The Balaban J connectivity index is 1.24. The lowest BCUT2D eigenvalue weighted by Crippen LogP contribution is -2.49. The van der Waals surface area contributed by atoms with Crippen LogP contribution in [0.25, 0.3) is 0 Å². The molecule has 3 aromatic carbocycles. The third kappa shape index (κ3) is 8.17. The van der Waals surface area contributed by atoms with E-state index in [1.54, 1.807) is 24.3 Å². The molecule has 5 rings (SSSR count). The molecule has 0 spiro atoms. The van der Waals surface area contributed by atoms with Gasteiger partial charge in [0.1, 0.15) is 0 Å². The molecule has 2 aliphatic heterocycles. The van der Waals surface area contributed by atoms with Crippen molar-refractivity contribution in [1.29, 1.82) is 0 Å². The lowest BCUT2D eigenvalue weighted by Gasteiger charge is -2.41. The minimum atomic E-state index is -1.02. The zero-order chi connectivity index (χ0) is 31.1. The van der Waals surface area contributed by atoms with Crippen molar-refractivity contribution < 1.29 is 34.2 Å². The van der Waals surface area contributed by atoms with Crippen molar-refractivity contribution in [2.45, 2.75) is 44.4 Å². The van der Waals surface area contributed by atoms with Crippen molar-refractivity contribution in [3.05, 3.63) is 99.6 Å². The van der Waals surface area contributed by atoms with Crippen molar-refractivity contribution >= 4 is 28.9 Å². The first kappa shape index (κ1) is 31.1. The van der Waals surface area contributed by atoms with Crippen molar-refractivity contribution in [3.8, 4) is 0 Å². The summed E-state index contributed by atoms with van der Waals surface area (Å²) in [5, 5.41) is 32.0. The molecule has 3 atom stereocenters. The van der Waals surface area contributed by atoms with Gasteiger partial charge in [0.15, 0.2) is 6.29 Å². The summed E-state index contributed by atoms with van der Waals surface area (Å²) in [5.41, 5.74) is 4.20. The molecule has 3 aromatic rings. The summed E-state index contributed by atoms with van der Waals surface area (Å²) >= 11 is 0. The van der Waals surface area contributed by atoms with E-state index in [0.29, 0.717) is 18.7 Å². The predicted octanol–water partition coefficient (Wildman–Crippen LogP) is 4.26. The van der Waals surface area contributed by atoms with Gasteiger partial charge in [0.25, 0.3) is 5.69 Å². The quantitative estimate of drug-likeness (QED) is 0.214. The fourth-order valence-corrected chi connectivity index (χ4v) is 5.46. The molecule has 0 aliphatic carbocycles. The summed E-state index contributed by atoms with van der Waals surface area (Å²) in [5.74, 6) is -1.39. The number of hydrogen-bond acceptors (Lipinski definition) is 9. The molecule has 2 saturated heterocycles. The van der Waals surface area contributed by atoms with Gasteiger partial charge in [-0.15, -0.1) is 0 Å². The highest BCUT2D eigenvalue weighted by molar-refractivity contribution is 5.92. The predicted molar refractivity (Wildman–Crippen MR) is 162 cm³/mol. The van der Waals surface area contributed by atoms with Crippen LogP contribution >= 0.6 is 0 Å². The van der Waals surface area contributed by atoms with Crippen molar-refractivity contribution in [3.63, 3.8) is 0 Å². The fraction of sp³-hybridized carbons (Fsp3) is 0.375. The number of aliphatic hydroxyl groups is 1. The zero-order valence-electron chi connectivity index (χ0n) is 24.2. The lowest BCUT2D eigenvalue weighted by molar-refractivity contribution is -0.384. The molecule has 0 radical (unpaired) electrons. The number of carbonyl (C=O) groups is 2. The number of rotatable bonds is 11. The van der Waals surface area contributed by atoms with Crippen LogP contribution in [0.15, 0.2) is 72.8 Å². The van der Waals surface area contributed by atoms with E-state index in [1.165, 1.54) is 12.1 Å². The molecular weight excluding hydrogens is 568 g/mol. The SMILES string of the molecule is O=C(O)CCC(=O)Nc1ccc([C@@H]2O[C@H](CN3CCN(c4ccc([N+](=O)[O-])cc4)CC3)C[C@H](c3ccc(CO)cc3)O2)cc1. The number of carbonyl (C=O) groups excluding carboxylic acids is 1. The first-order valence-corrected chi connectivity index (χ1v) is 14.6. The number of piperazine rings is 1. The van der Waals surface area contributed by atoms with E-state index in [4.69, 9.17) is 14.6 Å². The third-order valence-electron chi connectivity index (χ3n) is 7.91. The molecule has 232 valence electrons. The number of ether oxygens (including phenoxy) is 2. The molecule has 44 heavy (non-hydrogen) atoms. The second kappa shape index (κ2) is 14.4. The first-order valence-electron chi connectivity index (χ1n) is 14.6. The molecule has 3 N–H and O–H groups in total. The lowest BCUT2D eigenvalue weighted by atomic mass is 9.99. The average Bonchev–Trinajstić information content (AvgIpc) is 3.04. The Morgan fingerprint density at radius 1 is 0.886 bits per heavy atom. The fourth-order valence-electron chi connectivity index (χ4n) is 5.46. The van der Waals surface area contributed by atoms with Crippen LogP contribution < -0.4 is 10.2 Å². The Hall–Kier alpha value is -4.36. The zero-order valence-corrected chi connectivity index (χ0v) is 24.2. The molecule has 2 fully saturated rings. The summed E-state index contributed by atoms with van der Waals surface area (Å²) in [6, 6.07) is 21.5. The molecule has 0 aromatic heterocycles. The van der Waals surface area contributed by atoms with Gasteiger partial charge in [-0.25, -0.2) is 0 Å². The van der Waals surface area contributed by atoms with E-state index in [-0.39, 0.29) is 43.3 Å². The number of hydrogen-bond donors (Lipinski definition) is 3. The number of carboxylic acid groups (broad SMARTS) is 1. The van der Waals surface area contributed by atoms with E-state index in [2.05, 4.69) is 15.1 Å². The topological polar surface area (TPSA) is 155 Å². The third-order valence-corrected chi connectivity index (χ3v) is 7.91. The number of carboxylic acids is 1. The number of nitrogens with zero attached hydrogens (tertiary/aromatic N) is 3.